The van der Waals surface area contributed by atoms with Crippen molar-refractivity contribution in [2.24, 2.45) is 0 Å². The SMILES string of the molecule is CC(=O)SCCC=Cc1ccccc1S(=O)(=O)O. The van der Waals surface area contributed by atoms with Crippen LogP contribution in [0.15, 0.2) is 35.2 Å². The van der Waals surface area contributed by atoms with E-state index in [4.69, 9.17) is 4.55 Å². The Labute approximate surface area is 111 Å². The predicted octanol–water partition coefficient (Wildman–Crippen LogP) is 2.62. The average Bonchev–Trinajstić information content (AvgIpc) is 2.27. The van der Waals surface area contributed by atoms with Crippen LogP contribution in [0, 0.1) is 0 Å². The van der Waals surface area contributed by atoms with Gasteiger partial charge in [0, 0.05) is 12.7 Å². The Hall–Kier alpha value is -1.11. The van der Waals surface area contributed by atoms with E-state index in [-0.39, 0.29) is 10.0 Å². The minimum Gasteiger partial charge on any atom is -0.288 e. The zero-order valence-corrected chi connectivity index (χ0v) is 11.5. The van der Waals surface area contributed by atoms with E-state index in [1.165, 1.54) is 24.8 Å². The minimum atomic E-state index is -4.20. The van der Waals surface area contributed by atoms with Gasteiger partial charge in [-0.15, -0.1) is 0 Å². The molecule has 0 bridgehead atoms. The molecule has 0 radical (unpaired) electrons. The van der Waals surface area contributed by atoms with Gasteiger partial charge in [-0.2, -0.15) is 8.42 Å². The molecule has 1 N–H and O–H groups in total. The molecule has 0 spiro atoms. The molecule has 0 atom stereocenters. The van der Waals surface area contributed by atoms with Gasteiger partial charge < -0.3 is 0 Å². The third-order valence-corrected chi connectivity index (χ3v) is 3.86. The van der Waals surface area contributed by atoms with Crippen LogP contribution in [-0.2, 0) is 14.9 Å². The highest BCUT2D eigenvalue weighted by molar-refractivity contribution is 8.13. The van der Waals surface area contributed by atoms with Gasteiger partial charge in [0.1, 0.15) is 4.90 Å². The second kappa shape index (κ2) is 6.72. The third-order valence-electron chi connectivity index (χ3n) is 2.08. The molecular weight excluding hydrogens is 272 g/mol. The molecule has 6 heteroatoms. The summed E-state index contributed by atoms with van der Waals surface area (Å²) >= 11 is 1.22. The monoisotopic (exact) mass is 286 g/mol. The maximum absolute atomic E-state index is 11.1. The van der Waals surface area contributed by atoms with Gasteiger partial charge in [0.25, 0.3) is 10.1 Å². The lowest BCUT2D eigenvalue weighted by Crippen LogP contribution is -2.00. The molecule has 0 aliphatic heterocycles. The largest absolute Gasteiger partial charge is 0.295 e. The Morgan fingerprint density at radius 1 is 1.39 bits per heavy atom. The summed E-state index contributed by atoms with van der Waals surface area (Å²) in [5.41, 5.74) is 0.438. The van der Waals surface area contributed by atoms with E-state index in [1.54, 1.807) is 30.4 Å². The van der Waals surface area contributed by atoms with Gasteiger partial charge in [-0.1, -0.05) is 42.1 Å². The van der Waals surface area contributed by atoms with E-state index in [0.29, 0.717) is 17.7 Å². The van der Waals surface area contributed by atoms with Gasteiger partial charge in [-0.25, -0.2) is 0 Å². The van der Waals surface area contributed by atoms with Crippen LogP contribution in [0.4, 0.5) is 0 Å². The van der Waals surface area contributed by atoms with Crippen molar-refractivity contribution in [1.82, 2.24) is 0 Å². The zero-order valence-electron chi connectivity index (χ0n) is 9.87. The van der Waals surface area contributed by atoms with E-state index in [9.17, 15) is 13.2 Å². The molecule has 0 aliphatic carbocycles. The van der Waals surface area contributed by atoms with Crippen LogP contribution in [0.3, 0.4) is 0 Å². The van der Waals surface area contributed by atoms with Gasteiger partial charge >= 0.3 is 0 Å². The Kier molecular flexibility index (Phi) is 5.58. The van der Waals surface area contributed by atoms with Gasteiger partial charge in [0.2, 0.25) is 0 Å². The number of allylic oxidation sites excluding steroid dienone is 1. The topological polar surface area (TPSA) is 71.4 Å². The summed E-state index contributed by atoms with van der Waals surface area (Å²) in [6.07, 6.45) is 4.06. The first-order chi connectivity index (χ1) is 8.41. The smallest absolute Gasteiger partial charge is 0.288 e. The average molecular weight is 286 g/mol. The fourth-order valence-corrected chi connectivity index (χ4v) is 2.56. The molecule has 1 aromatic carbocycles. The lowest BCUT2D eigenvalue weighted by Gasteiger charge is -2.01. The Bertz CT molecular complexity index is 547. The highest BCUT2D eigenvalue weighted by atomic mass is 32.2. The molecule has 1 rings (SSSR count). The van der Waals surface area contributed by atoms with Crippen LogP contribution >= 0.6 is 11.8 Å². The standard InChI is InChI=1S/C12H14O4S2/c1-10(13)17-9-5-4-7-11-6-2-3-8-12(11)18(14,15)16/h2-4,6-8H,5,9H2,1H3,(H,14,15,16). The first-order valence-corrected chi connectivity index (χ1v) is 7.70. The molecule has 0 saturated heterocycles. The first-order valence-electron chi connectivity index (χ1n) is 5.27. The van der Waals surface area contributed by atoms with Crippen molar-refractivity contribution < 1.29 is 17.8 Å². The fraction of sp³-hybridized carbons (Fsp3) is 0.250. The van der Waals surface area contributed by atoms with Crippen molar-refractivity contribution in [3.8, 4) is 0 Å². The van der Waals surface area contributed by atoms with Crippen molar-refractivity contribution in [3.05, 3.63) is 35.9 Å². The molecule has 0 aromatic heterocycles. The van der Waals surface area contributed by atoms with Crippen molar-refractivity contribution in [2.45, 2.75) is 18.2 Å². The second-order valence-electron chi connectivity index (χ2n) is 3.54. The van der Waals surface area contributed by atoms with Gasteiger partial charge in [0.15, 0.2) is 5.12 Å². The lowest BCUT2D eigenvalue weighted by atomic mass is 10.2. The normalized spacial score (nSPS) is 11.9. The van der Waals surface area contributed by atoms with Crippen molar-refractivity contribution in [2.75, 3.05) is 5.75 Å². The number of carbonyl (C=O) groups excluding carboxylic acids is 1. The fourth-order valence-electron chi connectivity index (χ4n) is 1.33. The highest BCUT2D eigenvalue weighted by Crippen LogP contribution is 2.17. The maximum Gasteiger partial charge on any atom is 0.295 e. The Morgan fingerprint density at radius 3 is 2.67 bits per heavy atom. The van der Waals surface area contributed by atoms with Crippen molar-refractivity contribution >= 4 is 33.1 Å². The molecule has 98 valence electrons. The number of thioether (sulfide) groups is 1. The summed E-state index contributed by atoms with van der Waals surface area (Å²) in [7, 11) is -4.20. The highest BCUT2D eigenvalue weighted by Gasteiger charge is 2.12. The zero-order chi connectivity index (χ0) is 13.6. The van der Waals surface area contributed by atoms with Crippen LogP contribution in [0.5, 0.6) is 0 Å². The van der Waals surface area contributed by atoms with Gasteiger partial charge in [-0.05, 0) is 18.1 Å². The van der Waals surface area contributed by atoms with Crippen LogP contribution in [-0.4, -0.2) is 23.8 Å². The van der Waals surface area contributed by atoms with E-state index in [1.807, 2.05) is 0 Å². The Morgan fingerprint density at radius 2 is 2.06 bits per heavy atom. The number of carbonyl (C=O) groups is 1. The molecule has 0 unspecified atom stereocenters. The van der Waals surface area contributed by atoms with E-state index >= 15 is 0 Å². The van der Waals surface area contributed by atoms with Crippen LogP contribution < -0.4 is 0 Å². The number of hydrogen-bond donors (Lipinski definition) is 1. The predicted molar refractivity (Wildman–Crippen MR) is 73.0 cm³/mol. The summed E-state index contributed by atoms with van der Waals surface area (Å²) in [6.45, 7) is 1.50. The molecule has 18 heavy (non-hydrogen) atoms. The molecule has 0 aliphatic rings. The van der Waals surface area contributed by atoms with E-state index in [0.717, 1.165) is 0 Å². The van der Waals surface area contributed by atoms with Crippen LogP contribution in [0.25, 0.3) is 6.08 Å². The lowest BCUT2D eigenvalue weighted by molar-refractivity contribution is -0.109. The summed E-state index contributed by atoms with van der Waals surface area (Å²) in [6, 6.07) is 6.20. The molecule has 0 saturated carbocycles. The molecule has 0 heterocycles. The molecule has 0 amide bonds. The quantitative estimate of drug-likeness (QED) is 0.665. The first kappa shape index (κ1) is 14.9. The third kappa shape index (κ3) is 5.03. The maximum atomic E-state index is 11.1. The second-order valence-corrected chi connectivity index (χ2v) is 6.21. The summed E-state index contributed by atoms with van der Waals surface area (Å²) in [4.78, 5) is 10.6. The molecular formula is C12H14O4S2. The van der Waals surface area contributed by atoms with Crippen molar-refractivity contribution in [3.63, 3.8) is 0 Å². The van der Waals surface area contributed by atoms with Gasteiger partial charge in [-0.3, -0.25) is 9.35 Å². The minimum absolute atomic E-state index is 0.0572. The molecule has 4 nitrogen and oxygen atoms in total. The number of hydrogen-bond acceptors (Lipinski definition) is 4. The summed E-state index contributed by atoms with van der Waals surface area (Å²) in [5.74, 6) is 0.653. The summed E-state index contributed by atoms with van der Waals surface area (Å²) in [5, 5.41) is 0.0572. The summed E-state index contributed by atoms with van der Waals surface area (Å²) < 4.78 is 31.2. The molecule has 0 fully saturated rings. The number of benzene rings is 1. The van der Waals surface area contributed by atoms with Crippen molar-refractivity contribution in [1.29, 1.82) is 0 Å². The number of rotatable bonds is 5. The van der Waals surface area contributed by atoms with E-state index < -0.39 is 10.1 Å². The van der Waals surface area contributed by atoms with Crippen LogP contribution in [0.1, 0.15) is 18.9 Å². The van der Waals surface area contributed by atoms with Crippen LogP contribution in [0.2, 0.25) is 0 Å². The molecule has 1 aromatic rings. The van der Waals surface area contributed by atoms with E-state index in [2.05, 4.69) is 0 Å². The Balaban J connectivity index is 2.73. The van der Waals surface area contributed by atoms with Gasteiger partial charge in [0.05, 0.1) is 0 Å².